The summed E-state index contributed by atoms with van der Waals surface area (Å²) in [7, 11) is 1.11. The van der Waals surface area contributed by atoms with Crippen molar-refractivity contribution in [1.82, 2.24) is 10.2 Å². The summed E-state index contributed by atoms with van der Waals surface area (Å²) in [6, 6.07) is 4.33. The van der Waals surface area contributed by atoms with Gasteiger partial charge in [-0.15, -0.1) is 11.3 Å². The van der Waals surface area contributed by atoms with E-state index in [0.29, 0.717) is 29.5 Å². The maximum Gasteiger partial charge on any atom is 0.419 e. The number of alkyl halides is 3. The van der Waals surface area contributed by atoms with Gasteiger partial charge < -0.3 is 36.9 Å². The molecule has 1 saturated heterocycles. The quantitative estimate of drug-likeness (QED) is 0.307. The summed E-state index contributed by atoms with van der Waals surface area (Å²) >= 11 is 1.03. The predicted molar refractivity (Wildman–Crippen MR) is 159 cm³/mol. The molecule has 236 valence electrons. The van der Waals surface area contributed by atoms with Crippen molar-refractivity contribution in [3.8, 4) is 5.75 Å². The summed E-state index contributed by atoms with van der Waals surface area (Å²) in [4.78, 5) is 42.0. The Morgan fingerprint density at radius 2 is 1.86 bits per heavy atom. The number of nitrogen functional groups attached to an aromatic ring is 1. The molecule has 1 aromatic heterocycles. The average Bonchev–Trinajstić information content (AvgIpc) is 3.36. The van der Waals surface area contributed by atoms with Crippen LogP contribution in [0.4, 0.5) is 23.7 Å². The number of piperidine rings is 1. The van der Waals surface area contributed by atoms with E-state index in [1.54, 1.807) is 20.8 Å². The van der Waals surface area contributed by atoms with Crippen molar-refractivity contribution in [2.75, 3.05) is 25.9 Å². The Bertz CT molecular complexity index is 1670. The van der Waals surface area contributed by atoms with Crippen LogP contribution in [0.2, 0.25) is 0 Å². The number of carbonyl (C=O) groups excluding carboxylic acids is 3. The standard InChI is InChI=1S/C30H34F3N5O5S/c1-28(2,3)43-27(41)38-11-5-6-15(13-38)37-26(40)24-21-20-16(8-9-18(34)23(20)44-24)29(36,25(39)22(21)35)14-7-10-19(42-4)17(12-14)30(31,32)33/h7-10,12,15,22H,5-6,11,13,34-36H2,1-4H3,(H,37,40)/t15-,22-,29-/m1/s1. The molecular formula is C30H34F3N5O5S. The molecule has 3 atom stereocenters. The van der Waals surface area contributed by atoms with Crippen LogP contribution in [0.5, 0.6) is 5.75 Å². The van der Waals surface area contributed by atoms with Gasteiger partial charge in [-0.1, -0.05) is 12.1 Å². The van der Waals surface area contributed by atoms with Gasteiger partial charge in [-0.05, 0) is 62.9 Å². The first-order chi connectivity index (χ1) is 20.5. The number of nitrogens with two attached hydrogens (primary N) is 3. The van der Waals surface area contributed by atoms with E-state index in [-0.39, 0.29) is 33.8 Å². The Labute approximate surface area is 255 Å². The molecule has 2 amide bonds. The van der Waals surface area contributed by atoms with Crippen molar-refractivity contribution in [2.45, 2.75) is 63.0 Å². The molecule has 2 aliphatic rings. The zero-order valence-electron chi connectivity index (χ0n) is 24.6. The van der Waals surface area contributed by atoms with Gasteiger partial charge >= 0.3 is 12.3 Å². The van der Waals surface area contributed by atoms with E-state index in [4.69, 9.17) is 26.7 Å². The number of anilines is 1. The normalized spacial score (nSPS) is 22.2. The summed E-state index contributed by atoms with van der Waals surface area (Å²) in [5.74, 6) is -1.72. The number of likely N-dealkylation sites (tertiary alicyclic amines) is 1. The highest BCUT2D eigenvalue weighted by Gasteiger charge is 2.50. The van der Waals surface area contributed by atoms with Crippen LogP contribution in [0, 0.1) is 0 Å². The first-order valence-electron chi connectivity index (χ1n) is 14.0. The summed E-state index contributed by atoms with van der Waals surface area (Å²) in [6.45, 7) is 6.02. The zero-order valence-corrected chi connectivity index (χ0v) is 25.4. The minimum atomic E-state index is -4.79. The number of rotatable bonds is 4. The Kier molecular flexibility index (Phi) is 7.83. The number of nitrogens with zero attached hydrogens (tertiary/aromatic N) is 1. The van der Waals surface area contributed by atoms with Crippen LogP contribution in [0.15, 0.2) is 30.3 Å². The fraction of sp³-hybridized carbons (Fsp3) is 0.433. The van der Waals surface area contributed by atoms with Crippen molar-refractivity contribution in [3.05, 3.63) is 57.5 Å². The molecule has 1 fully saturated rings. The van der Waals surface area contributed by atoms with Crippen LogP contribution in [0.25, 0.3) is 10.1 Å². The van der Waals surface area contributed by atoms with Crippen molar-refractivity contribution in [1.29, 1.82) is 0 Å². The topological polar surface area (TPSA) is 163 Å². The Morgan fingerprint density at radius 3 is 2.50 bits per heavy atom. The van der Waals surface area contributed by atoms with E-state index in [0.717, 1.165) is 30.6 Å². The van der Waals surface area contributed by atoms with Crippen LogP contribution in [0.3, 0.4) is 0 Å². The van der Waals surface area contributed by atoms with E-state index in [1.807, 2.05) is 0 Å². The molecule has 0 radical (unpaired) electrons. The number of carbonyl (C=O) groups is 3. The van der Waals surface area contributed by atoms with E-state index < -0.39 is 58.5 Å². The Morgan fingerprint density at radius 1 is 1.16 bits per heavy atom. The number of amides is 2. The number of nitrogens with one attached hydrogen (secondary N) is 1. The number of thiophene rings is 1. The molecule has 3 aromatic rings. The molecular weight excluding hydrogens is 599 g/mol. The number of ether oxygens (including phenoxy) is 2. The Hall–Kier alpha value is -3.88. The van der Waals surface area contributed by atoms with Crippen molar-refractivity contribution in [3.63, 3.8) is 0 Å². The Balaban J connectivity index is 1.55. The summed E-state index contributed by atoms with van der Waals surface area (Å²) < 4.78 is 52.5. The van der Waals surface area contributed by atoms with E-state index in [9.17, 15) is 27.6 Å². The maximum atomic E-state index is 14.0. The van der Waals surface area contributed by atoms with Gasteiger partial charge in [0.15, 0.2) is 5.78 Å². The minimum absolute atomic E-state index is 0.135. The lowest BCUT2D eigenvalue weighted by Gasteiger charge is -2.37. The van der Waals surface area contributed by atoms with Gasteiger partial charge in [-0.3, -0.25) is 9.59 Å². The smallest absolute Gasteiger partial charge is 0.419 e. The van der Waals surface area contributed by atoms with E-state index in [1.165, 1.54) is 23.1 Å². The number of methoxy groups -OCH3 is 1. The highest BCUT2D eigenvalue weighted by Crippen LogP contribution is 2.50. The lowest BCUT2D eigenvalue weighted by molar-refractivity contribution is -0.139. The van der Waals surface area contributed by atoms with Gasteiger partial charge in [0.25, 0.3) is 5.91 Å². The molecule has 1 aliphatic carbocycles. The second-order valence-corrected chi connectivity index (χ2v) is 13.1. The van der Waals surface area contributed by atoms with E-state index in [2.05, 4.69) is 5.32 Å². The fourth-order valence-electron chi connectivity index (χ4n) is 5.86. The molecule has 14 heteroatoms. The van der Waals surface area contributed by atoms with Gasteiger partial charge in [0.05, 0.1) is 28.3 Å². The largest absolute Gasteiger partial charge is 0.496 e. The lowest BCUT2D eigenvalue weighted by atomic mass is 9.70. The molecule has 44 heavy (non-hydrogen) atoms. The molecule has 0 saturated carbocycles. The second kappa shape index (κ2) is 10.9. The number of benzene rings is 2. The molecule has 10 nitrogen and oxygen atoms in total. The second-order valence-electron chi connectivity index (χ2n) is 12.1. The lowest BCUT2D eigenvalue weighted by Crippen LogP contribution is -2.53. The summed E-state index contributed by atoms with van der Waals surface area (Å²) in [5, 5.41) is 3.31. The molecule has 7 N–H and O–H groups in total. The average molecular weight is 634 g/mol. The number of Topliss-reactive ketones (excluding diaryl/α,β-unsaturated/α-hetero) is 1. The van der Waals surface area contributed by atoms with Gasteiger partial charge in [0.1, 0.15) is 16.9 Å². The van der Waals surface area contributed by atoms with Crippen LogP contribution in [-0.4, -0.2) is 54.5 Å². The molecule has 0 bridgehead atoms. The molecule has 5 rings (SSSR count). The van der Waals surface area contributed by atoms with Crippen molar-refractivity contribution < 1.29 is 37.0 Å². The van der Waals surface area contributed by atoms with Crippen molar-refractivity contribution in [2.24, 2.45) is 11.5 Å². The first kappa shape index (κ1) is 31.5. The molecule has 0 unspecified atom stereocenters. The minimum Gasteiger partial charge on any atom is -0.496 e. The SMILES string of the molecule is COc1ccc([C@]2(N)C(=O)[C@H](N)c3c(C(=O)N[C@@H]4CCCN(C(=O)OC(C)(C)C)C4)sc4c(N)ccc2c34)cc1C(F)(F)F. The first-order valence-corrected chi connectivity index (χ1v) is 14.8. The maximum absolute atomic E-state index is 14.0. The van der Waals surface area contributed by atoms with Gasteiger partial charge in [-0.2, -0.15) is 13.2 Å². The predicted octanol–water partition coefficient (Wildman–Crippen LogP) is 4.43. The number of ketones is 1. The molecule has 2 heterocycles. The highest BCUT2D eigenvalue weighted by molar-refractivity contribution is 7.21. The number of hydrogen-bond acceptors (Lipinski definition) is 9. The molecule has 2 aromatic carbocycles. The highest BCUT2D eigenvalue weighted by atomic mass is 32.1. The fourth-order valence-corrected chi connectivity index (χ4v) is 7.06. The third kappa shape index (κ3) is 5.35. The monoisotopic (exact) mass is 633 g/mol. The van der Waals surface area contributed by atoms with E-state index >= 15 is 0 Å². The van der Waals surface area contributed by atoms with Crippen LogP contribution < -0.4 is 27.3 Å². The number of hydrogen-bond donors (Lipinski definition) is 4. The van der Waals surface area contributed by atoms with Gasteiger partial charge in [0.2, 0.25) is 0 Å². The van der Waals surface area contributed by atoms with Gasteiger partial charge in [0, 0.05) is 35.8 Å². The molecule has 1 aliphatic heterocycles. The van der Waals surface area contributed by atoms with Crippen molar-refractivity contribution >= 4 is 44.9 Å². The van der Waals surface area contributed by atoms with Crippen LogP contribution in [-0.2, 0) is 21.2 Å². The van der Waals surface area contributed by atoms with Crippen LogP contribution in [0.1, 0.15) is 71.6 Å². The van der Waals surface area contributed by atoms with Gasteiger partial charge in [-0.25, -0.2) is 4.79 Å². The third-order valence-corrected chi connectivity index (χ3v) is 9.14. The summed E-state index contributed by atoms with van der Waals surface area (Å²) in [5.41, 5.74) is 16.2. The third-order valence-electron chi connectivity index (χ3n) is 7.89. The summed E-state index contributed by atoms with van der Waals surface area (Å²) in [6.07, 6.45) is -4.03. The molecule has 0 spiro atoms. The van der Waals surface area contributed by atoms with Crippen LogP contribution >= 0.6 is 11.3 Å². The zero-order chi connectivity index (χ0) is 32.4. The number of halogens is 3.